The number of benzene rings is 2. The van der Waals surface area contributed by atoms with E-state index >= 15 is 0 Å². The molecule has 2 rings (SSSR count). The minimum atomic E-state index is -1.63. The van der Waals surface area contributed by atoms with Crippen molar-refractivity contribution in [3.8, 4) is 0 Å². The maximum absolute atomic E-state index is 13.6. The molecule has 0 amide bonds. The van der Waals surface area contributed by atoms with Crippen LogP contribution >= 0.6 is 0 Å². The largest absolute Gasteiger partial charge is 0.288 e. The molecule has 0 N–H and O–H groups in total. The molecule has 1 unspecified atom stereocenters. The summed E-state index contributed by atoms with van der Waals surface area (Å²) in [5.74, 6) is -4.70. The van der Waals surface area contributed by atoms with Gasteiger partial charge in [0.15, 0.2) is 23.2 Å². The van der Waals surface area contributed by atoms with E-state index in [0.29, 0.717) is 5.92 Å². The van der Waals surface area contributed by atoms with Gasteiger partial charge in [-0.1, -0.05) is 38.1 Å². The Bertz CT molecular complexity index is 662. The molecule has 2 aromatic rings. The van der Waals surface area contributed by atoms with Crippen LogP contribution in [0, 0.1) is 17.5 Å². The quantitative estimate of drug-likeness (QED) is 0.581. The average molecular weight is 292 g/mol. The second-order valence-corrected chi connectivity index (χ2v) is 4.98. The Kier molecular flexibility index (Phi) is 4.46. The molecule has 0 spiro atoms. The third-order valence-corrected chi connectivity index (χ3v) is 3.63. The normalized spacial score (nSPS) is 12.2. The van der Waals surface area contributed by atoms with Crippen molar-refractivity contribution >= 4 is 5.78 Å². The zero-order valence-electron chi connectivity index (χ0n) is 11.8. The SMILES string of the molecule is CCC(C)c1ccc(C(=O)c2ccc(F)c(F)c2F)cc1. The van der Waals surface area contributed by atoms with Crippen molar-refractivity contribution in [3.63, 3.8) is 0 Å². The first kappa shape index (κ1) is 15.3. The van der Waals surface area contributed by atoms with Crippen molar-refractivity contribution in [3.05, 3.63) is 70.5 Å². The van der Waals surface area contributed by atoms with Gasteiger partial charge < -0.3 is 0 Å². The van der Waals surface area contributed by atoms with Crippen LogP contribution in [0.2, 0.25) is 0 Å². The lowest BCUT2D eigenvalue weighted by atomic mass is 9.95. The third-order valence-electron chi connectivity index (χ3n) is 3.63. The molecular formula is C17H15F3O. The summed E-state index contributed by atoms with van der Waals surface area (Å²) in [6.45, 7) is 4.12. The van der Waals surface area contributed by atoms with E-state index in [1.54, 1.807) is 24.3 Å². The lowest BCUT2D eigenvalue weighted by molar-refractivity contribution is 0.103. The van der Waals surface area contributed by atoms with E-state index in [-0.39, 0.29) is 5.56 Å². The van der Waals surface area contributed by atoms with Crippen molar-refractivity contribution in [2.75, 3.05) is 0 Å². The zero-order chi connectivity index (χ0) is 15.6. The Hall–Kier alpha value is -2.10. The fourth-order valence-corrected chi connectivity index (χ4v) is 2.06. The molecule has 1 nitrogen and oxygen atoms in total. The van der Waals surface area contributed by atoms with Crippen molar-refractivity contribution in [1.82, 2.24) is 0 Å². The Labute approximate surface area is 121 Å². The van der Waals surface area contributed by atoms with E-state index in [4.69, 9.17) is 0 Å². The van der Waals surface area contributed by atoms with Gasteiger partial charge in [-0.2, -0.15) is 0 Å². The summed E-state index contributed by atoms with van der Waals surface area (Å²) >= 11 is 0. The summed E-state index contributed by atoms with van der Waals surface area (Å²) in [5.41, 5.74) is 0.844. The predicted octanol–water partition coefficient (Wildman–Crippen LogP) is 4.85. The Morgan fingerprint density at radius 2 is 1.62 bits per heavy atom. The molecule has 0 aliphatic carbocycles. The van der Waals surface area contributed by atoms with Crippen LogP contribution in [-0.2, 0) is 0 Å². The van der Waals surface area contributed by atoms with Gasteiger partial charge in [-0.15, -0.1) is 0 Å². The summed E-state index contributed by atoms with van der Waals surface area (Å²) in [6.07, 6.45) is 0.963. The van der Waals surface area contributed by atoms with Gasteiger partial charge in [0.1, 0.15) is 0 Å². The fourth-order valence-electron chi connectivity index (χ4n) is 2.06. The molecule has 2 aromatic carbocycles. The second kappa shape index (κ2) is 6.12. The molecule has 0 aromatic heterocycles. The van der Waals surface area contributed by atoms with Crippen LogP contribution in [0.3, 0.4) is 0 Å². The third kappa shape index (κ3) is 2.99. The highest BCUT2D eigenvalue weighted by Gasteiger charge is 2.20. The number of carbonyl (C=O) groups is 1. The molecule has 0 heterocycles. The van der Waals surface area contributed by atoms with E-state index in [0.717, 1.165) is 24.1 Å². The van der Waals surface area contributed by atoms with Crippen molar-refractivity contribution in [1.29, 1.82) is 0 Å². The van der Waals surface area contributed by atoms with Crippen LogP contribution in [0.25, 0.3) is 0 Å². The van der Waals surface area contributed by atoms with Gasteiger partial charge in [0.2, 0.25) is 0 Å². The Balaban J connectivity index is 2.35. The molecule has 21 heavy (non-hydrogen) atoms. The number of ketones is 1. The average Bonchev–Trinajstić information content (AvgIpc) is 2.51. The Morgan fingerprint density at radius 3 is 2.19 bits per heavy atom. The highest BCUT2D eigenvalue weighted by molar-refractivity contribution is 6.09. The van der Waals surface area contributed by atoms with Crippen LogP contribution in [0.15, 0.2) is 36.4 Å². The summed E-state index contributed by atoms with van der Waals surface area (Å²) in [6, 6.07) is 8.44. The zero-order valence-corrected chi connectivity index (χ0v) is 11.8. The number of hydrogen-bond donors (Lipinski definition) is 0. The minimum absolute atomic E-state index is 0.243. The summed E-state index contributed by atoms with van der Waals surface area (Å²) in [4.78, 5) is 12.2. The van der Waals surface area contributed by atoms with Crippen LogP contribution in [-0.4, -0.2) is 5.78 Å². The molecule has 0 saturated heterocycles. The van der Waals surface area contributed by atoms with Crippen LogP contribution in [0.5, 0.6) is 0 Å². The lowest BCUT2D eigenvalue weighted by Gasteiger charge is -2.10. The minimum Gasteiger partial charge on any atom is -0.288 e. The van der Waals surface area contributed by atoms with Crippen molar-refractivity contribution < 1.29 is 18.0 Å². The number of halogens is 3. The standard InChI is InChI=1S/C17H15F3O/c1-3-10(2)11-4-6-12(7-5-11)17(21)13-8-9-14(18)16(20)15(13)19/h4-10H,3H2,1-2H3. The first-order valence-electron chi connectivity index (χ1n) is 6.73. The van der Waals surface area contributed by atoms with Gasteiger partial charge in [0.05, 0.1) is 5.56 Å². The molecule has 0 saturated carbocycles. The molecule has 4 heteroatoms. The highest BCUT2D eigenvalue weighted by atomic mass is 19.2. The maximum atomic E-state index is 13.6. The first-order valence-corrected chi connectivity index (χ1v) is 6.73. The monoisotopic (exact) mass is 292 g/mol. The fraction of sp³-hybridized carbons (Fsp3) is 0.235. The molecule has 110 valence electrons. The summed E-state index contributed by atoms with van der Waals surface area (Å²) in [5, 5.41) is 0. The van der Waals surface area contributed by atoms with Gasteiger partial charge in [-0.3, -0.25) is 4.79 Å². The molecule has 1 atom stereocenters. The molecule has 0 bridgehead atoms. The molecule has 0 fully saturated rings. The van der Waals surface area contributed by atoms with E-state index < -0.39 is 28.8 Å². The smallest absolute Gasteiger partial charge is 0.196 e. The van der Waals surface area contributed by atoms with E-state index in [9.17, 15) is 18.0 Å². The van der Waals surface area contributed by atoms with Gasteiger partial charge in [0, 0.05) is 5.56 Å². The first-order chi connectivity index (χ1) is 9.95. The van der Waals surface area contributed by atoms with Gasteiger partial charge in [-0.25, -0.2) is 13.2 Å². The van der Waals surface area contributed by atoms with Crippen molar-refractivity contribution in [2.24, 2.45) is 0 Å². The van der Waals surface area contributed by atoms with Crippen LogP contribution in [0.1, 0.15) is 47.7 Å². The molecule has 0 aliphatic heterocycles. The summed E-state index contributed by atoms with van der Waals surface area (Å²) < 4.78 is 39.7. The molecule has 0 aliphatic rings. The second-order valence-electron chi connectivity index (χ2n) is 4.98. The Morgan fingerprint density at radius 1 is 1.00 bits per heavy atom. The van der Waals surface area contributed by atoms with Gasteiger partial charge >= 0.3 is 0 Å². The van der Waals surface area contributed by atoms with E-state index in [1.165, 1.54) is 0 Å². The number of rotatable bonds is 4. The van der Waals surface area contributed by atoms with Crippen LogP contribution < -0.4 is 0 Å². The molecular weight excluding hydrogens is 277 g/mol. The predicted molar refractivity (Wildman–Crippen MR) is 74.9 cm³/mol. The van der Waals surface area contributed by atoms with Crippen molar-refractivity contribution in [2.45, 2.75) is 26.2 Å². The van der Waals surface area contributed by atoms with E-state index in [2.05, 4.69) is 13.8 Å². The van der Waals surface area contributed by atoms with Gasteiger partial charge in [-0.05, 0) is 30.0 Å². The van der Waals surface area contributed by atoms with Gasteiger partial charge in [0.25, 0.3) is 0 Å². The topological polar surface area (TPSA) is 17.1 Å². The number of carbonyl (C=O) groups excluding carboxylic acids is 1. The van der Waals surface area contributed by atoms with E-state index in [1.807, 2.05) is 0 Å². The molecule has 0 radical (unpaired) electrons. The lowest BCUT2D eigenvalue weighted by Crippen LogP contribution is -2.07. The number of hydrogen-bond acceptors (Lipinski definition) is 1. The summed E-state index contributed by atoms with van der Waals surface area (Å²) in [7, 11) is 0. The highest BCUT2D eigenvalue weighted by Crippen LogP contribution is 2.22. The van der Waals surface area contributed by atoms with Crippen LogP contribution in [0.4, 0.5) is 13.2 Å². The maximum Gasteiger partial charge on any atom is 0.196 e.